The van der Waals surface area contributed by atoms with Gasteiger partial charge in [-0.25, -0.2) is 4.98 Å². The van der Waals surface area contributed by atoms with Crippen LogP contribution in [-0.4, -0.2) is 14.8 Å². The Kier molecular flexibility index (Phi) is 3.01. The van der Waals surface area contributed by atoms with Gasteiger partial charge in [-0.15, -0.1) is 11.3 Å². The van der Waals surface area contributed by atoms with Crippen LogP contribution in [0, 0.1) is 0 Å². The molecule has 0 amide bonds. The molecule has 0 radical (unpaired) electrons. The van der Waals surface area contributed by atoms with Crippen molar-refractivity contribution in [2.75, 3.05) is 5.32 Å². The second kappa shape index (κ2) is 4.44. The molecule has 5 heteroatoms. The highest BCUT2D eigenvalue weighted by Crippen LogP contribution is 2.11. The van der Waals surface area contributed by atoms with Gasteiger partial charge < -0.3 is 5.32 Å². The average molecular weight is 222 g/mol. The lowest BCUT2D eigenvalue weighted by Crippen LogP contribution is -2.04. The van der Waals surface area contributed by atoms with Crippen LogP contribution in [0.4, 0.5) is 5.82 Å². The van der Waals surface area contributed by atoms with Gasteiger partial charge in [0.25, 0.3) is 0 Å². The number of thiazole rings is 1. The van der Waals surface area contributed by atoms with Gasteiger partial charge in [0.05, 0.1) is 23.4 Å². The third kappa shape index (κ3) is 2.36. The topological polar surface area (TPSA) is 42.7 Å². The van der Waals surface area contributed by atoms with E-state index in [0.29, 0.717) is 0 Å². The molecule has 0 aliphatic heterocycles. The molecule has 15 heavy (non-hydrogen) atoms. The molecule has 4 nitrogen and oxygen atoms in total. The number of nitrogens with one attached hydrogen (secondary N) is 1. The number of hydrogen-bond acceptors (Lipinski definition) is 4. The number of hydrogen-bond donors (Lipinski definition) is 1. The Labute approximate surface area is 93.0 Å². The minimum absolute atomic E-state index is 0.756. The Balaban J connectivity index is 2.01. The predicted molar refractivity (Wildman–Crippen MR) is 62.0 cm³/mol. The summed E-state index contributed by atoms with van der Waals surface area (Å²) < 4.78 is 1.87. The van der Waals surface area contributed by atoms with Crippen molar-refractivity contribution >= 4 is 17.2 Å². The van der Waals surface area contributed by atoms with Crippen molar-refractivity contribution in [3.05, 3.63) is 28.3 Å². The molecule has 0 saturated heterocycles. The van der Waals surface area contributed by atoms with E-state index in [2.05, 4.69) is 28.4 Å². The van der Waals surface area contributed by atoms with Crippen LogP contribution >= 0.6 is 11.3 Å². The molecule has 0 atom stereocenters. The van der Waals surface area contributed by atoms with E-state index in [-0.39, 0.29) is 0 Å². The van der Waals surface area contributed by atoms with E-state index in [4.69, 9.17) is 0 Å². The monoisotopic (exact) mass is 222 g/mol. The quantitative estimate of drug-likeness (QED) is 0.861. The summed E-state index contributed by atoms with van der Waals surface area (Å²) in [7, 11) is 1.95. The number of aromatic nitrogens is 3. The lowest BCUT2D eigenvalue weighted by molar-refractivity contribution is 0.747. The molecule has 1 N–H and O–H groups in total. The van der Waals surface area contributed by atoms with Gasteiger partial charge in [-0.1, -0.05) is 6.92 Å². The molecule has 0 saturated carbocycles. The maximum atomic E-state index is 4.37. The van der Waals surface area contributed by atoms with Crippen LogP contribution in [-0.2, 0) is 20.0 Å². The third-order valence-electron chi connectivity index (χ3n) is 2.23. The molecule has 0 aliphatic rings. The van der Waals surface area contributed by atoms with Gasteiger partial charge in [0, 0.05) is 18.5 Å². The first-order valence-electron chi connectivity index (χ1n) is 4.93. The molecular weight excluding hydrogens is 208 g/mol. The summed E-state index contributed by atoms with van der Waals surface area (Å²) in [5.74, 6) is 1.04. The van der Waals surface area contributed by atoms with Gasteiger partial charge in [0.1, 0.15) is 5.82 Å². The highest BCUT2D eigenvalue weighted by molar-refractivity contribution is 7.07. The van der Waals surface area contributed by atoms with Crippen LogP contribution in [0.15, 0.2) is 17.0 Å². The maximum absolute atomic E-state index is 4.37. The lowest BCUT2D eigenvalue weighted by atomic mass is 10.3. The van der Waals surface area contributed by atoms with E-state index in [1.165, 1.54) is 0 Å². The summed E-state index contributed by atoms with van der Waals surface area (Å²) in [5, 5.41) is 9.73. The first-order valence-corrected chi connectivity index (χ1v) is 5.87. The van der Waals surface area contributed by atoms with Gasteiger partial charge >= 0.3 is 0 Å². The SMILES string of the molecule is CCc1cc(NCc2cscn2)n(C)n1. The average Bonchev–Trinajstić information content (AvgIpc) is 2.84. The zero-order chi connectivity index (χ0) is 10.7. The highest BCUT2D eigenvalue weighted by Gasteiger charge is 2.03. The van der Waals surface area contributed by atoms with Crippen LogP contribution < -0.4 is 5.32 Å². The number of anilines is 1. The van der Waals surface area contributed by atoms with Gasteiger partial charge in [-0.05, 0) is 6.42 Å². The standard InChI is InChI=1S/C10H14N4S/c1-3-8-4-10(14(2)13-8)11-5-9-6-15-7-12-9/h4,6-7,11H,3,5H2,1-2H3. The fourth-order valence-electron chi connectivity index (χ4n) is 1.37. The Bertz CT molecular complexity index is 419. The normalized spacial score (nSPS) is 10.5. The summed E-state index contributed by atoms with van der Waals surface area (Å²) in [6, 6.07) is 2.08. The minimum atomic E-state index is 0.756. The minimum Gasteiger partial charge on any atom is -0.365 e. The first-order chi connectivity index (χ1) is 7.29. The third-order valence-corrected chi connectivity index (χ3v) is 2.86. The van der Waals surface area contributed by atoms with Crippen LogP contribution in [0.1, 0.15) is 18.3 Å². The van der Waals surface area contributed by atoms with Crippen LogP contribution in [0.3, 0.4) is 0 Å². The van der Waals surface area contributed by atoms with E-state index in [0.717, 1.165) is 30.2 Å². The maximum Gasteiger partial charge on any atom is 0.124 e. The number of rotatable bonds is 4. The van der Waals surface area contributed by atoms with E-state index < -0.39 is 0 Å². The van der Waals surface area contributed by atoms with Crippen molar-refractivity contribution in [3.8, 4) is 0 Å². The molecule has 0 bridgehead atoms. The molecule has 0 unspecified atom stereocenters. The molecule has 0 aromatic carbocycles. The molecule has 2 aromatic rings. The smallest absolute Gasteiger partial charge is 0.124 e. The van der Waals surface area contributed by atoms with Crippen molar-refractivity contribution in [2.45, 2.75) is 19.9 Å². The van der Waals surface area contributed by atoms with Crippen molar-refractivity contribution in [1.82, 2.24) is 14.8 Å². The summed E-state index contributed by atoms with van der Waals surface area (Å²) in [6.45, 7) is 2.86. The summed E-state index contributed by atoms with van der Waals surface area (Å²) >= 11 is 1.62. The van der Waals surface area contributed by atoms with E-state index in [1.54, 1.807) is 11.3 Å². The first kappa shape index (κ1) is 10.2. The molecule has 2 rings (SSSR count). The zero-order valence-electron chi connectivity index (χ0n) is 8.90. The molecule has 2 aromatic heterocycles. The molecule has 2 heterocycles. The summed E-state index contributed by atoms with van der Waals surface area (Å²) in [4.78, 5) is 4.21. The van der Waals surface area contributed by atoms with Crippen LogP contribution in [0.25, 0.3) is 0 Å². The van der Waals surface area contributed by atoms with E-state index in [1.807, 2.05) is 22.6 Å². The van der Waals surface area contributed by atoms with E-state index >= 15 is 0 Å². The second-order valence-corrected chi connectivity index (χ2v) is 4.05. The Morgan fingerprint density at radius 1 is 1.47 bits per heavy atom. The van der Waals surface area contributed by atoms with Crippen molar-refractivity contribution < 1.29 is 0 Å². The summed E-state index contributed by atoms with van der Waals surface area (Å²) in [5.41, 5.74) is 4.02. The predicted octanol–water partition coefficient (Wildman–Crippen LogP) is 2.05. The molecule has 0 fully saturated rings. The number of nitrogens with zero attached hydrogens (tertiary/aromatic N) is 3. The summed E-state index contributed by atoms with van der Waals surface area (Å²) in [6.07, 6.45) is 0.965. The number of aryl methyl sites for hydroxylation is 2. The molecule has 80 valence electrons. The van der Waals surface area contributed by atoms with Gasteiger partial charge in [0.2, 0.25) is 0 Å². The Hall–Kier alpha value is -1.36. The zero-order valence-corrected chi connectivity index (χ0v) is 9.71. The van der Waals surface area contributed by atoms with E-state index in [9.17, 15) is 0 Å². The lowest BCUT2D eigenvalue weighted by Gasteiger charge is -2.03. The van der Waals surface area contributed by atoms with Crippen LogP contribution in [0.2, 0.25) is 0 Å². The van der Waals surface area contributed by atoms with Crippen molar-refractivity contribution in [2.24, 2.45) is 7.05 Å². The molecular formula is C10H14N4S. The van der Waals surface area contributed by atoms with Crippen LogP contribution in [0.5, 0.6) is 0 Å². The Morgan fingerprint density at radius 3 is 2.93 bits per heavy atom. The largest absolute Gasteiger partial charge is 0.365 e. The molecule has 0 aliphatic carbocycles. The van der Waals surface area contributed by atoms with Gasteiger partial charge in [0.15, 0.2) is 0 Å². The highest BCUT2D eigenvalue weighted by atomic mass is 32.1. The Morgan fingerprint density at radius 2 is 2.33 bits per heavy atom. The fraction of sp³-hybridized carbons (Fsp3) is 0.400. The van der Waals surface area contributed by atoms with Crippen molar-refractivity contribution in [1.29, 1.82) is 0 Å². The van der Waals surface area contributed by atoms with Gasteiger partial charge in [-0.3, -0.25) is 4.68 Å². The van der Waals surface area contributed by atoms with Crippen molar-refractivity contribution in [3.63, 3.8) is 0 Å². The second-order valence-electron chi connectivity index (χ2n) is 3.33. The fourth-order valence-corrected chi connectivity index (χ4v) is 1.93. The molecule has 0 spiro atoms. The van der Waals surface area contributed by atoms with Gasteiger partial charge in [-0.2, -0.15) is 5.10 Å².